The molecule has 1 heterocycles. The molecular weight excluding hydrogens is 282 g/mol. The molecule has 0 saturated carbocycles. The monoisotopic (exact) mass is 290 g/mol. The Labute approximate surface area is 113 Å². The van der Waals surface area contributed by atoms with Crippen LogP contribution in [0.4, 0.5) is 0 Å². The number of aliphatic imine (C=N–C) groups is 1. The molecule has 0 aromatic heterocycles. The van der Waals surface area contributed by atoms with Crippen LogP contribution in [-0.4, -0.2) is 5.84 Å². The summed E-state index contributed by atoms with van der Waals surface area (Å²) in [5, 5.41) is 4.08. The Morgan fingerprint density at radius 1 is 1.12 bits per heavy atom. The van der Waals surface area contributed by atoms with Crippen molar-refractivity contribution in [1.82, 2.24) is 5.32 Å². The third-order valence-corrected chi connectivity index (χ3v) is 3.00. The van der Waals surface area contributed by atoms with Gasteiger partial charge in [0.25, 0.3) is 0 Å². The lowest BCUT2D eigenvalue weighted by Gasteiger charge is -2.29. The quantitative estimate of drug-likeness (QED) is 0.741. The topological polar surface area (TPSA) is 76.4 Å². The second-order valence-electron chi connectivity index (χ2n) is 3.56. The lowest BCUT2D eigenvalue weighted by molar-refractivity contribution is 0.409. The highest BCUT2D eigenvalue weighted by Crippen LogP contribution is 2.27. The Kier molecular flexibility index (Phi) is 3.23. The van der Waals surface area contributed by atoms with E-state index in [4.69, 9.17) is 46.3 Å². The molecule has 1 atom stereocenters. The highest BCUT2D eigenvalue weighted by atomic mass is 35.5. The van der Waals surface area contributed by atoms with Crippen molar-refractivity contribution in [2.75, 3.05) is 0 Å². The van der Waals surface area contributed by atoms with Gasteiger partial charge in [-0.1, -0.05) is 34.8 Å². The minimum absolute atomic E-state index is 0.156. The first kappa shape index (κ1) is 12.5. The van der Waals surface area contributed by atoms with Gasteiger partial charge >= 0.3 is 0 Å². The number of nitrogens with zero attached hydrogens (tertiary/aromatic N) is 1. The SMILES string of the molecule is NC1=NC(N)(c2cc(Cl)cc(Cl)c2)NC=C1Cl. The number of halogens is 3. The molecule has 0 saturated heterocycles. The summed E-state index contributed by atoms with van der Waals surface area (Å²) in [6.07, 6.45) is 1.48. The first-order valence-corrected chi connectivity index (χ1v) is 5.78. The van der Waals surface area contributed by atoms with E-state index in [1.54, 1.807) is 18.2 Å². The summed E-state index contributed by atoms with van der Waals surface area (Å²) in [6, 6.07) is 4.92. The zero-order valence-corrected chi connectivity index (χ0v) is 10.8. The summed E-state index contributed by atoms with van der Waals surface area (Å²) < 4.78 is 0. The summed E-state index contributed by atoms with van der Waals surface area (Å²) in [5.41, 5.74) is 12.3. The molecule has 17 heavy (non-hydrogen) atoms. The van der Waals surface area contributed by atoms with Crippen molar-refractivity contribution in [2.45, 2.75) is 5.79 Å². The average molecular weight is 292 g/mol. The van der Waals surface area contributed by atoms with Crippen LogP contribution in [0.25, 0.3) is 0 Å². The molecule has 0 bridgehead atoms. The molecular formula is C10H9Cl3N4. The lowest BCUT2D eigenvalue weighted by atomic mass is 10.1. The molecule has 1 aliphatic rings. The number of amidine groups is 1. The van der Waals surface area contributed by atoms with Gasteiger partial charge in [0.2, 0.25) is 5.79 Å². The average Bonchev–Trinajstić information content (AvgIpc) is 2.23. The van der Waals surface area contributed by atoms with Gasteiger partial charge in [-0.25, -0.2) is 4.99 Å². The zero-order valence-electron chi connectivity index (χ0n) is 8.55. The van der Waals surface area contributed by atoms with Gasteiger partial charge in [0.05, 0.1) is 5.03 Å². The Balaban J connectivity index is 2.47. The third-order valence-electron chi connectivity index (χ3n) is 2.26. The second-order valence-corrected chi connectivity index (χ2v) is 4.84. The third kappa shape index (κ3) is 2.50. The van der Waals surface area contributed by atoms with Crippen LogP contribution in [0.15, 0.2) is 34.4 Å². The van der Waals surface area contributed by atoms with Gasteiger partial charge in [0.15, 0.2) is 0 Å². The fraction of sp³-hybridized carbons (Fsp3) is 0.100. The number of hydrogen-bond acceptors (Lipinski definition) is 4. The molecule has 0 fully saturated rings. The molecule has 7 heteroatoms. The van der Waals surface area contributed by atoms with Crippen LogP contribution in [-0.2, 0) is 5.79 Å². The zero-order chi connectivity index (χ0) is 12.6. The van der Waals surface area contributed by atoms with E-state index in [2.05, 4.69) is 10.3 Å². The predicted octanol–water partition coefficient (Wildman–Crippen LogP) is 2.10. The van der Waals surface area contributed by atoms with Gasteiger partial charge < -0.3 is 11.1 Å². The van der Waals surface area contributed by atoms with E-state index >= 15 is 0 Å². The molecule has 1 aliphatic heterocycles. The summed E-state index contributed by atoms with van der Waals surface area (Å²) in [6.45, 7) is 0. The Morgan fingerprint density at radius 3 is 2.24 bits per heavy atom. The van der Waals surface area contributed by atoms with E-state index in [-0.39, 0.29) is 5.84 Å². The van der Waals surface area contributed by atoms with E-state index in [9.17, 15) is 0 Å². The fourth-order valence-corrected chi connectivity index (χ4v) is 2.07. The Hall–Kier alpha value is -0.940. The maximum Gasteiger partial charge on any atom is 0.211 e. The largest absolute Gasteiger partial charge is 0.383 e. The highest BCUT2D eigenvalue weighted by molar-refractivity contribution is 6.43. The minimum atomic E-state index is -1.21. The normalized spacial score (nSPS) is 23.8. The second kappa shape index (κ2) is 4.38. The van der Waals surface area contributed by atoms with E-state index in [1.165, 1.54) is 6.20 Å². The lowest BCUT2D eigenvalue weighted by Crippen LogP contribution is -2.50. The highest BCUT2D eigenvalue weighted by Gasteiger charge is 2.29. The molecule has 1 unspecified atom stereocenters. The molecule has 5 N–H and O–H groups in total. The molecule has 0 amide bonds. The van der Waals surface area contributed by atoms with Crippen molar-refractivity contribution in [1.29, 1.82) is 0 Å². The molecule has 4 nitrogen and oxygen atoms in total. The molecule has 1 aromatic carbocycles. The molecule has 2 rings (SSSR count). The van der Waals surface area contributed by atoms with Gasteiger partial charge in [-0.3, -0.25) is 5.73 Å². The van der Waals surface area contributed by atoms with Crippen molar-refractivity contribution in [3.63, 3.8) is 0 Å². The fourth-order valence-electron chi connectivity index (χ4n) is 1.44. The van der Waals surface area contributed by atoms with Gasteiger partial charge in [-0.05, 0) is 18.2 Å². The first-order chi connectivity index (χ1) is 7.90. The minimum Gasteiger partial charge on any atom is -0.383 e. The van der Waals surface area contributed by atoms with Crippen LogP contribution in [0.1, 0.15) is 5.56 Å². The van der Waals surface area contributed by atoms with Crippen LogP contribution < -0.4 is 16.8 Å². The van der Waals surface area contributed by atoms with Crippen molar-refractivity contribution in [3.8, 4) is 0 Å². The van der Waals surface area contributed by atoms with Gasteiger partial charge in [0.1, 0.15) is 5.84 Å². The molecule has 90 valence electrons. The number of nitrogens with two attached hydrogens (primary N) is 2. The van der Waals surface area contributed by atoms with Crippen molar-refractivity contribution in [3.05, 3.63) is 45.0 Å². The molecule has 0 spiro atoms. The molecule has 1 aromatic rings. The first-order valence-electron chi connectivity index (χ1n) is 4.65. The van der Waals surface area contributed by atoms with Crippen LogP contribution in [0.5, 0.6) is 0 Å². The van der Waals surface area contributed by atoms with Gasteiger partial charge in [-0.15, -0.1) is 0 Å². The molecule has 0 aliphatic carbocycles. The number of rotatable bonds is 1. The number of nitrogens with one attached hydrogen (secondary N) is 1. The van der Waals surface area contributed by atoms with E-state index in [1.807, 2.05) is 0 Å². The van der Waals surface area contributed by atoms with Crippen molar-refractivity contribution < 1.29 is 0 Å². The van der Waals surface area contributed by atoms with Crippen LogP contribution in [0.2, 0.25) is 10.0 Å². The Bertz CT molecular complexity index is 506. The maximum absolute atomic E-state index is 6.07. The standard InChI is InChI=1S/C10H9Cl3N4/c11-6-1-5(2-7(12)3-6)10(15)16-4-8(13)9(14)17-10/h1-4,16H,15H2,(H2,14,17). The van der Waals surface area contributed by atoms with E-state index in [0.717, 1.165) is 0 Å². The maximum atomic E-state index is 6.07. The Morgan fingerprint density at radius 2 is 1.71 bits per heavy atom. The van der Waals surface area contributed by atoms with Crippen molar-refractivity contribution >= 4 is 40.6 Å². The van der Waals surface area contributed by atoms with E-state index < -0.39 is 5.79 Å². The van der Waals surface area contributed by atoms with Crippen molar-refractivity contribution in [2.24, 2.45) is 16.5 Å². The summed E-state index contributed by atoms with van der Waals surface area (Å²) >= 11 is 17.6. The van der Waals surface area contributed by atoms with Crippen LogP contribution in [0.3, 0.4) is 0 Å². The van der Waals surface area contributed by atoms with E-state index in [0.29, 0.717) is 20.6 Å². The summed E-state index contributed by atoms with van der Waals surface area (Å²) in [4.78, 5) is 4.09. The predicted molar refractivity (Wildman–Crippen MR) is 71.0 cm³/mol. The van der Waals surface area contributed by atoms with Crippen LogP contribution >= 0.6 is 34.8 Å². The molecule has 0 radical (unpaired) electrons. The van der Waals surface area contributed by atoms with Gasteiger partial charge in [-0.2, -0.15) is 0 Å². The summed E-state index contributed by atoms with van der Waals surface area (Å²) in [5.74, 6) is -1.05. The van der Waals surface area contributed by atoms with Crippen LogP contribution in [0, 0.1) is 0 Å². The summed E-state index contributed by atoms with van der Waals surface area (Å²) in [7, 11) is 0. The van der Waals surface area contributed by atoms with Gasteiger partial charge in [0, 0.05) is 21.8 Å². The smallest absolute Gasteiger partial charge is 0.211 e. The number of benzene rings is 1. The number of hydrogen-bond donors (Lipinski definition) is 3.